The number of nitrogens with zero attached hydrogens (tertiary/aromatic N) is 4. The molecule has 7 nitrogen and oxygen atoms in total. The molecule has 1 fully saturated rings. The van der Waals surface area contributed by atoms with E-state index in [1.807, 2.05) is 33.8 Å². The number of hydrogen-bond acceptors (Lipinski definition) is 5. The number of rotatable bonds is 3. The summed E-state index contributed by atoms with van der Waals surface area (Å²) in [6.07, 6.45) is 1.76. The first-order chi connectivity index (χ1) is 15.0. The molecule has 0 unspecified atom stereocenters. The van der Waals surface area contributed by atoms with Crippen LogP contribution in [0.1, 0.15) is 27.9 Å². The van der Waals surface area contributed by atoms with Gasteiger partial charge in [-0.3, -0.25) is 9.59 Å². The number of amides is 2. The van der Waals surface area contributed by atoms with E-state index >= 15 is 0 Å². The number of aryl methyl sites for hydroxylation is 1. The lowest BCUT2D eigenvalue weighted by atomic mass is 9.94. The molecule has 0 atom stereocenters. The van der Waals surface area contributed by atoms with Crippen molar-refractivity contribution in [2.45, 2.75) is 19.8 Å². The number of fused-ring (bicyclic) bond motifs is 3. The van der Waals surface area contributed by atoms with Gasteiger partial charge < -0.3 is 15.1 Å². The highest BCUT2D eigenvalue weighted by molar-refractivity contribution is 7.10. The zero-order chi connectivity index (χ0) is 21.5. The van der Waals surface area contributed by atoms with Crippen LogP contribution in [0.15, 0.2) is 35.7 Å². The Balaban J connectivity index is 1.57. The van der Waals surface area contributed by atoms with Gasteiger partial charge in [-0.1, -0.05) is 0 Å². The molecule has 0 radical (unpaired) electrons. The first-order valence-corrected chi connectivity index (χ1v) is 11.4. The highest BCUT2D eigenvalue weighted by atomic mass is 32.1. The van der Waals surface area contributed by atoms with E-state index in [1.54, 1.807) is 11.3 Å². The van der Waals surface area contributed by atoms with E-state index in [4.69, 9.17) is 5.10 Å². The summed E-state index contributed by atoms with van der Waals surface area (Å²) in [5.41, 5.74) is 5.42. The Morgan fingerprint density at radius 3 is 2.48 bits per heavy atom. The Morgan fingerprint density at radius 2 is 1.77 bits per heavy atom. The summed E-state index contributed by atoms with van der Waals surface area (Å²) in [6, 6.07) is 9.73. The molecule has 1 aromatic carbocycles. The van der Waals surface area contributed by atoms with Crippen LogP contribution in [0.25, 0.3) is 16.9 Å². The van der Waals surface area contributed by atoms with Crippen molar-refractivity contribution in [3.8, 4) is 16.9 Å². The Bertz CT molecular complexity index is 1140. The van der Waals surface area contributed by atoms with Crippen LogP contribution < -0.4 is 5.32 Å². The summed E-state index contributed by atoms with van der Waals surface area (Å²) in [7, 11) is 2.08. The lowest BCUT2D eigenvalue weighted by molar-refractivity contribution is -0.114. The molecule has 2 amide bonds. The monoisotopic (exact) mass is 435 g/mol. The molecular formula is C23H25N5O2S. The van der Waals surface area contributed by atoms with Gasteiger partial charge in [0.05, 0.1) is 11.4 Å². The van der Waals surface area contributed by atoms with Crippen molar-refractivity contribution in [2.24, 2.45) is 0 Å². The third-order valence-electron chi connectivity index (χ3n) is 6.01. The van der Waals surface area contributed by atoms with Crippen molar-refractivity contribution in [1.82, 2.24) is 19.6 Å². The molecule has 2 aliphatic rings. The van der Waals surface area contributed by atoms with Crippen LogP contribution in [0.3, 0.4) is 0 Å². The maximum atomic E-state index is 13.4. The molecule has 3 aromatic rings. The fourth-order valence-corrected chi connectivity index (χ4v) is 5.23. The molecule has 1 aliphatic carbocycles. The van der Waals surface area contributed by atoms with Crippen molar-refractivity contribution < 1.29 is 9.59 Å². The third-order valence-corrected chi connectivity index (χ3v) is 6.99. The van der Waals surface area contributed by atoms with Gasteiger partial charge in [-0.2, -0.15) is 5.10 Å². The molecular weight excluding hydrogens is 410 g/mol. The van der Waals surface area contributed by atoms with Gasteiger partial charge in [0.1, 0.15) is 0 Å². The van der Waals surface area contributed by atoms with Gasteiger partial charge in [-0.25, -0.2) is 4.68 Å². The average molecular weight is 436 g/mol. The number of carbonyl (C=O) groups is 2. The van der Waals surface area contributed by atoms with E-state index in [1.165, 1.54) is 17.4 Å². The minimum Gasteiger partial charge on any atom is -0.335 e. The first kappa shape index (κ1) is 20.0. The highest BCUT2D eigenvalue weighted by Gasteiger charge is 2.32. The molecule has 1 N–H and O–H groups in total. The molecule has 2 aromatic heterocycles. The van der Waals surface area contributed by atoms with E-state index in [2.05, 4.69) is 28.7 Å². The maximum Gasteiger partial charge on any atom is 0.274 e. The van der Waals surface area contributed by atoms with Gasteiger partial charge in [0, 0.05) is 54.8 Å². The Kier molecular flexibility index (Phi) is 5.11. The van der Waals surface area contributed by atoms with Gasteiger partial charge in [-0.15, -0.1) is 11.3 Å². The second-order valence-electron chi connectivity index (χ2n) is 8.17. The van der Waals surface area contributed by atoms with Crippen LogP contribution in [0.4, 0.5) is 5.69 Å². The van der Waals surface area contributed by atoms with Crippen LogP contribution >= 0.6 is 11.3 Å². The molecule has 160 valence electrons. The summed E-state index contributed by atoms with van der Waals surface area (Å²) >= 11 is 1.76. The van der Waals surface area contributed by atoms with Crippen molar-refractivity contribution in [2.75, 3.05) is 38.5 Å². The van der Waals surface area contributed by atoms with E-state index < -0.39 is 0 Å². The summed E-state index contributed by atoms with van der Waals surface area (Å²) in [4.78, 5) is 30.3. The summed E-state index contributed by atoms with van der Waals surface area (Å²) in [6.45, 7) is 4.71. The number of piperazine rings is 1. The fourth-order valence-electron chi connectivity index (χ4n) is 4.35. The summed E-state index contributed by atoms with van der Waals surface area (Å²) in [5, 5.41) is 9.76. The van der Waals surface area contributed by atoms with E-state index in [-0.39, 0.29) is 11.8 Å². The van der Waals surface area contributed by atoms with Crippen LogP contribution in [-0.2, 0) is 17.6 Å². The van der Waals surface area contributed by atoms with Crippen LogP contribution in [-0.4, -0.2) is 64.6 Å². The Hall–Kier alpha value is -2.97. The van der Waals surface area contributed by atoms with Gasteiger partial charge >= 0.3 is 0 Å². The highest BCUT2D eigenvalue weighted by Crippen LogP contribution is 2.39. The number of thiophene rings is 1. The van der Waals surface area contributed by atoms with Crippen molar-refractivity contribution >= 4 is 28.8 Å². The van der Waals surface area contributed by atoms with Crippen LogP contribution in [0.5, 0.6) is 0 Å². The number of hydrogen-bond donors (Lipinski definition) is 1. The second kappa shape index (κ2) is 7.94. The zero-order valence-electron chi connectivity index (χ0n) is 17.7. The van der Waals surface area contributed by atoms with Crippen molar-refractivity contribution in [3.05, 3.63) is 51.8 Å². The largest absolute Gasteiger partial charge is 0.335 e. The molecule has 0 saturated carbocycles. The molecule has 5 rings (SSSR count). The summed E-state index contributed by atoms with van der Waals surface area (Å²) < 4.78 is 1.90. The number of likely N-dealkylation sites (N-methyl/N-ethyl adjacent to an activating group) is 1. The second-order valence-corrected chi connectivity index (χ2v) is 9.17. The fraction of sp³-hybridized carbons (Fsp3) is 0.348. The third kappa shape index (κ3) is 3.66. The predicted molar refractivity (Wildman–Crippen MR) is 122 cm³/mol. The summed E-state index contributed by atoms with van der Waals surface area (Å²) in [5.74, 6) is -0.0798. The number of anilines is 1. The molecule has 8 heteroatoms. The number of carbonyl (C=O) groups excluding carboxylic acids is 2. The predicted octanol–water partition coefficient (Wildman–Crippen LogP) is 3.05. The van der Waals surface area contributed by atoms with Gasteiger partial charge in [0.15, 0.2) is 5.69 Å². The Labute approximate surface area is 185 Å². The maximum absolute atomic E-state index is 13.4. The SMILES string of the molecule is CC(=O)Nc1ccc(-n2nc(C(=O)N3CCN(C)CC3)c3c2-c2ccsc2CC3)cc1. The number of benzene rings is 1. The van der Waals surface area contributed by atoms with Gasteiger partial charge in [0.25, 0.3) is 5.91 Å². The first-order valence-electron chi connectivity index (χ1n) is 10.6. The van der Waals surface area contributed by atoms with E-state index in [0.29, 0.717) is 5.69 Å². The molecule has 1 aliphatic heterocycles. The zero-order valence-corrected chi connectivity index (χ0v) is 18.5. The quantitative estimate of drug-likeness (QED) is 0.687. The molecule has 0 bridgehead atoms. The Morgan fingerprint density at radius 1 is 1.03 bits per heavy atom. The molecule has 3 heterocycles. The van der Waals surface area contributed by atoms with Crippen LogP contribution in [0.2, 0.25) is 0 Å². The smallest absolute Gasteiger partial charge is 0.274 e. The van der Waals surface area contributed by atoms with Crippen molar-refractivity contribution in [3.63, 3.8) is 0 Å². The standard InChI is InChI=1S/C23H25N5O2S/c1-15(29)24-16-3-5-17(6-4-16)28-22-18-9-14-31-20(18)8-7-19(22)21(25-28)23(30)27-12-10-26(2)11-13-27/h3-6,9,14H,7-8,10-13H2,1-2H3,(H,24,29). The number of nitrogens with one attached hydrogen (secondary N) is 1. The lowest BCUT2D eigenvalue weighted by Crippen LogP contribution is -2.47. The normalized spacial score (nSPS) is 16.0. The van der Waals surface area contributed by atoms with Crippen LogP contribution in [0, 0.1) is 0 Å². The minimum absolute atomic E-state index is 0.0247. The minimum atomic E-state index is -0.104. The van der Waals surface area contributed by atoms with Crippen molar-refractivity contribution in [1.29, 1.82) is 0 Å². The topological polar surface area (TPSA) is 70.5 Å². The molecule has 0 spiro atoms. The van der Waals surface area contributed by atoms with E-state index in [0.717, 1.165) is 61.7 Å². The van der Waals surface area contributed by atoms with Gasteiger partial charge in [0.2, 0.25) is 5.91 Å². The molecule has 31 heavy (non-hydrogen) atoms. The number of aromatic nitrogens is 2. The van der Waals surface area contributed by atoms with Gasteiger partial charge in [-0.05, 0) is 55.6 Å². The van der Waals surface area contributed by atoms with E-state index in [9.17, 15) is 9.59 Å². The molecule has 1 saturated heterocycles. The average Bonchev–Trinajstić information content (AvgIpc) is 3.38. The lowest BCUT2D eigenvalue weighted by Gasteiger charge is -2.32.